The fourth-order valence-electron chi connectivity index (χ4n) is 2.53. The van der Waals surface area contributed by atoms with E-state index in [0.717, 1.165) is 18.4 Å². The summed E-state index contributed by atoms with van der Waals surface area (Å²) in [5.41, 5.74) is 0.718. The van der Waals surface area contributed by atoms with Gasteiger partial charge in [0, 0.05) is 24.2 Å². The van der Waals surface area contributed by atoms with Crippen molar-refractivity contribution < 1.29 is 8.42 Å². The van der Waals surface area contributed by atoms with Crippen LogP contribution in [0.5, 0.6) is 0 Å². The van der Waals surface area contributed by atoms with Crippen molar-refractivity contribution in [3.8, 4) is 0 Å². The molecule has 0 saturated heterocycles. The Hall–Kier alpha value is -0.920. The summed E-state index contributed by atoms with van der Waals surface area (Å²) >= 11 is 0. The fourth-order valence-corrected chi connectivity index (χ4v) is 3.99. The van der Waals surface area contributed by atoms with Crippen molar-refractivity contribution in [3.05, 3.63) is 11.8 Å². The first-order valence-corrected chi connectivity index (χ1v) is 9.34. The molecule has 0 amide bonds. The summed E-state index contributed by atoms with van der Waals surface area (Å²) in [7, 11) is -3.51. The lowest BCUT2D eigenvalue weighted by Gasteiger charge is -2.16. The summed E-state index contributed by atoms with van der Waals surface area (Å²) in [6.45, 7) is 2.58. The molecule has 3 N–H and O–H groups in total. The molecular weight excluding hydrogens is 288 g/mol. The van der Waals surface area contributed by atoms with Crippen LogP contribution in [0.2, 0.25) is 0 Å². The van der Waals surface area contributed by atoms with Gasteiger partial charge in [-0.3, -0.25) is 5.10 Å². The average molecular weight is 312 g/mol. The van der Waals surface area contributed by atoms with E-state index in [1.807, 2.05) is 6.92 Å². The minimum atomic E-state index is -3.51. The van der Waals surface area contributed by atoms with Gasteiger partial charge in [0.2, 0.25) is 0 Å². The van der Waals surface area contributed by atoms with Gasteiger partial charge >= 0.3 is 0 Å². The zero-order valence-electron chi connectivity index (χ0n) is 12.4. The SMILES string of the molecule is CCC(CC1CC1)NS(=O)(=O)c1[nH]ncc1CNC1CC1. The highest BCUT2D eigenvalue weighted by atomic mass is 32.2. The molecule has 6 nitrogen and oxygen atoms in total. The van der Waals surface area contributed by atoms with E-state index in [9.17, 15) is 8.42 Å². The molecule has 2 aliphatic rings. The molecule has 0 spiro atoms. The number of hydrogen-bond donors (Lipinski definition) is 3. The van der Waals surface area contributed by atoms with Gasteiger partial charge in [0.25, 0.3) is 10.0 Å². The third kappa shape index (κ3) is 4.05. The Morgan fingerprint density at radius 3 is 2.76 bits per heavy atom. The number of aromatic nitrogens is 2. The zero-order chi connectivity index (χ0) is 14.9. The van der Waals surface area contributed by atoms with Gasteiger partial charge in [0.1, 0.15) is 0 Å². The van der Waals surface area contributed by atoms with Crippen molar-refractivity contribution in [1.29, 1.82) is 0 Å². The number of H-pyrrole nitrogens is 1. The van der Waals surface area contributed by atoms with Gasteiger partial charge in [0.15, 0.2) is 5.03 Å². The van der Waals surface area contributed by atoms with Crippen LogP contribution in [-0.4, -0.2) is 30.7 Å². The summed E-state index contributed by atoms with van der Waals surface area (Å²) in [5.74, 6) is 0.704. The second-order valence-electron chi connectivity index (χ2n) is 6.29. The highest BCUT2D eigenvalue weighted by Gasteiger charge is 2.29. The quantitative estimate of drug-likeness (QED) is 0.645. The monoisotopic (exact) mass is 312 g/mol. The van der Waals surface area contributed by atoms with E-state index in [1.165, 1.54) is 25.7 Å². The second kappa shape index (κ2) is 6.06. The van der Waals surface area contributed by atoms with Crippen molar-refractivity contribution in [2.24, 2.45) is 5.92 Å². The molecule has 2 saturated carbocycles. The first kappa shape index (κ1) is 15.0. The van der Waals surface area contributed by atoms with E-state index < -0.39 is 10.0 Å². The molecule has 118 valence electrons. The molecule has 0 aliphatic heterocycles. The Labute approximate surface area is 126 Å². The Balaban J connectivity index is 1.66. The van der Waals surface area contributed by atoms with Crippen molar-refractivity contribution in [3.63, 3.8) is 0 Å². The minimum absolute atomic E-state index is 0.0232. The molecule has 0 bridgehead atoms. The smallest absolute Gasteiger partial charge is 0.258 e. The fraction of sp³-hybridized carbons (Fsp3) is 0.786. The van der Waals surface area contributed by atoms with E-state index in [-0.39, 0.29) is 11.1 Å². The highest BCUT2D eigenvalue weighted by Crippen LogP contribution is 2.34. The molecule has 7 heteroatoms. The van der Waals surface area contributed by atoms with Gasteiger partial charge in [-0.05, 0) is 31.6 Å². The summed E-state index contributed by atoms with van der Waals surface area (Å²) in [4.78, 5) is 0. The summed E-state index contributed by atoms with van der Waals surface area (Å²) < 4.78 is 27.9. The van der Waals surface area contributed by atoms with E-state index in [4.69, 9.17) is 0 Å². The Kier molecular flexibility index (Phi) is 4.33. The van der Waals surface area contributed by atoms with Crippen LogP contribution in [0.1, 0.15) is 51.0 Å². The van der Waals surface area contributed by atoms with Crippen LogP contribution < -0.4 is 10.0 Å². The van der Waals surface area contributed by atoms with E-state index in [1.54, 1.807) is 6.20 Å². The third-order valence-electron chi connectivity index (χ3n) is 4.23. The standard InChI is InChI=1S/C14H24N4O2S/c1-2-12(7-10-3-4-10)18-21(19,20)14-11(9-16-17-14)8-15-13-5-6-13/h9-10,12-13,15,18H,2-8H2,1H3,(H,16,17). The molecule has 2 fully saturated rings. The topological polar surface area (TPSA) is 86.9 Å². The van der Waals surface area contributed by atoms with Crippen LogP contribution in [-0.2, 0) is 16.6 Å². The molecule has 21 heavy (non-hydrogen) atoms. The lowest BCUT2D eigenvalue weighted by atomic mass is 10.1. The van der Waals surface area contributed by atoms with Gasteiger partial charge in [0.05, 0.1) is 6.20 Å². The second-order valence-corrected chi connectivity index (χ2v) is 7.94. The summed E-state index contributed by atoms with van der Waals surface area (Å²) in [6, 6.07) is 0.566. The summed E-state index contributed by atoms with van der Waals surface area (Å²) in [6.07, 6.45) is 8.19. The molecular formula is C14H24N4O2S. The molecule has 3 rings (SSSR count). The number of hydrogen-bond acceptors (Lipinski definition) is 4. The first-order chi connectivity index (χ1) is 10.1. The van der Waals surface area contributed by atoms with Crippen LogP contribution in [0.3, 0.4) is 0 Å². The van der Waals surface area contributed by atoms with Crippen molar-refractivity contribution >= 4 is 10.0 Å². The summed E-state index contributed by atoms with van der Waals surface area (Å²) in [5, 5.41) is 10.1. The third-order valence-corrected chi connectivity index (χ3v) is 5.77. The largest absolute Gasteiger partial charge is 0.310 e. The number of aromatic amines is 1. The maximum atomic E-state index is 12.5. The van der Waals surface area contributed by atoms with Crippen molar-refractivity contribution in [2.45, 2.75) is 69.1 Å². The van der Waals surface area contributed by atoms with Gasteiger partial charge in [-0.1, -0.05) is 19.8 Å². The molecule has 1 atom stereocenters. The molecule has 0 radical (unpaired) electrons. The molecule has 0 aromatic carbocycles. The molecule has 1 heterocycles. The highest BCUT2D eigenvalue weighted by molar-refractivity contribution is 7.89. The number of nitrogens with zero attached hydrogens (tertiary/aromatic N) is 1. The molecule has 1 aromatic heterocycles. The zero-order valence-corrected chi connectivity index (χ0v) is 13.2. The predicted octanol–water partition coefficient (Wildman–Crippen LogP) is 1.52. The Morgan fingerprint density at radius 2 is 2.14 bits per heavy atom. The minimum Gasteiger partial charge on any atom is -0.310 e. The van der Waals surface area contributed by atoms with E-state index in [2.05, 4.69) is 20.2 Å². The van der Waals surface area contributed by atoms with Crippen molar-refractivity contribution in [1.82, 2.24) is 20.2 Å². The van der Waals surface area contributed by atoms with Crippen LogP contribution in [0.25, 0.3) is 0 Å². The van der Waals surface area contributed by atoms with Crippen LogP contribution in [0, 0.1) is 5.92 Å². The maximum absolute atomic E-state index is 12.5. The van der Waals surface area contributed by atoms with Gasteiger partial charge < -0.3 is 5.32 Å². The van der Waals surface area contributed by atoms with Gasteiger partial charge in [-0.25, -0.2) is 13.1 Å². The average Bonchev–Trinajstić information content (AvgIpc) is 3.37. The number of sulfonamides is 1. The number of nitrogens with one attached hydrogen (secondary N) is 3. The molecule has 2 aliphatic carbocycles. The molecule has 1 unspecified atom stereocenters. The maximum Gasteiger partial charge on any atom is 0.258 e. The lowest BCUT2D eigenvalue weighted by molar-refractivity contribution is 0.492. The van der Waals surface area contributed by atoms with Gasteiger partial charge in [-0.2, -0.15) is 5.10 Å². The normalized spacial score (nSPS) is 20.6. The van der Waals surface area contributed by atoms with E-state index >= 15 is 0 Å². The lowest BCUT2D eigenvalue weighted by Crippen LogP contribution is -2.35. The Morgan fingerprint density at radius 1 is 1.38 bits per heavy atom. The van der Waals surface area contributed by atoms with Crippen LogP contribution in [0.15, 0.2) is 11.2 Å². The van der Waals surface area contributed by atoms with Crippen molar-refractivity contribution in [2.75, 3.05) is 0 Å². The van der Waals surface area contributed by atoms with E-state index in [0.29, 0.717) is 18.5 Å². The predicted molar refractivity (Wildman–Crippen MR) is 80.2 cm³/mol. The molecule has 1 aromatic rings. The first-order valence-electron chi connectivity index (χ1n) is 7.86. The van der Waals surface area contributed by atoms with Gasteiger partial charge in [-0.15, -0.1) is 0 Å². The number of rotatable bonds is 9. The van der Waals surface area contributed by atoms with Crippen LogP contribution >= 0.6 is 0 Å². The van der Waals surface area contributed by atoms with Crippen LogP contribution in [0.4, 0.5) is 0 Å². The Bertz CT molecular complexity index is 576.